The van der Waals surface area contributed by atoms with E-state index in [0.29, 0.717) is 73.2 Å². The summed E-state index contributed by atoms with van der Waals surface area (Å²) in [6.07, 6.45) is 2.16. The summed E-state index contributed by atoms with van der Waals surface area (Å²) in [4.78, 5) is 6.49. The van der Waals surface area contributed by atoms with Crippen LogP contribution in [0.3, 0.4) is 0 Å². The van der Waals surface area contributed by atoms with Crippen molar-refractivity contribution < 1.29 is 32.5 Å². The summed E-state index contributed by atoms with van der Waals surface area (Å²) in [5.74, 6) is -3.40. The predicted octanol–water partition coefficient (Wildman–Crippen LogP) is 5.13. The number of alkyl halides is 1. The number of aliphatic hydroxyl groups is 2. The number of fused-ring (bicyclic) bond motifs is 1. The van der Waals surface area contributed by atoms with Gasteiger partial charge in [0.1, 0.15) is 11.9 Å². The SMILES string of the molecule is COc1ccc2ncc(CO)c([C@@H](F)CCC3(CO)CCN(CCNc4cc(F)c(F)c(F)c4)CC3)c2c1. The fraction of sp³-hybridized carbons (Fsp3) is 0.464. The van der Waals surface area contributed by atoms with Gasteiger partial charge in [-0.2, -0.15) is 0 Å². The molecule has 10 heteroatoms. The Hall–Kier alpha value is -2.95. The maximum Gasteiger partial charge on any atom is 0.194 e. The van der Waals surface area contributed by atoms with Crippen LogP contribution in [0.25, 0.3) is 10.9 Å². The van der Waals surface area contributed by atoms with E-state index in [-0.39, 0.29) is 25.3 Å². The monoisotopic (exact) mass is 535 g/mol. The molecule has 6 nitrogen and oxygen atoms in total. The second-order valence-electron chi connectivity index (χ2n) is 9.92. The Bertz CT molecular complexity index is 1220. The van der Waals surface area contributed by atoms with Crippen molar-refractivity contribution in [1.29, 1.82) is 0 Å². The Balaban J connectivity index is 1.34. The average Bonchev–Trinajstić information content (AvgIpc) is 2.94. The number of pyridine rings is 1. The van der Waals surface area contributed by atoms with Gasteiger partial charge in [-0.1, -0.05) is 0 Å². The first-order chi connectivity index (χ1) is 18.3. The Morgan fingerprint density at radius 1 is 1.11 bits per heavy atom. The van der Waals surface area contributed by atoms with Crippen LogP contribution < -0.4 is 10.1 Å². The summed E-state index contributed by atoms with van der Waals surface area (Å²) < 4.78 is 61.0. The predicted molar refractivity (Wildman–Crippen MR) is 137 cm³/mol. The van der Waals surface area contributed by atoms with E-state index in [0.717, 1.165) is 12.1 Å². The molecule has 2 aromatic carbocycles. The van der Waals surface area contributed by atoms with Gasteiger partial charge in [0.2, 0.25) is 0 Å². The van der Waals surface area contributed by atoms with Crippen LogP contribution in [0.15, 0.2) is 36.5 Å². The smallest absolute Gasteiger partial charge is 0.194 e. The molecule has 0 bridgehead atoms. The highest BCUT2D eigenvalue weighted by Gasteiger charge is 2.35. The summed E-state index contributed by atoms with van der Waals surface area (Å²) in [6.45, 7) is 1.98. The molecule has 1 aromatic heterocycles. The second-order valence-corrected chi connectivity index (χ2v) is 9.92. The van der Waals surface area contributed by atoms with Crippen molar-refractivity contribution in [3.8, 4) is 5.75 Å². The number of aliphatic hydroxyl groups excluding tert-OH is 2. The lowest BCUT2D eigenvalue weighted by Crippen LogP contribution is -2.43. The molecule has 0 saturated carbocycles. The minimum Gasteiger partial charge on any atom is -0.497 e. The number of nitrogens with zero attached hydrogens (tertiary/aromatic N) is 2. The van der Waals surface area contributed by atoms with Crippen molar-refractivity contribution in [3.63, 3.8) is 0 Å². The zero-order valence-electron chi connectivity index (χ0n) is 21.3. The number of aromatic nitrogens is 1. The lowest BCUT2D eigenvalue weighted by molar-refractivity contribution is 0.0315. The van der Waals surface area contributed by atoms with E-state index in [9.17, 15) is 23.4 Å². The van der Waals surface area contributed by atoms with Crippen LogP contribution in [-0.2, 0) is 6.61 Å². The van der Waals surface area contributed by atoms with Crippen molar-refractivity contribution >= 4 is 16.6 Å². The number of benzene rings is 2. The van der Waals surface area contributed by atoms with Gasteiger partial charge in [0.15, 0.2) is 17.5 Å². The van der Waals surface area contributed by atoms with Gasteiger partial charge >= 0.3 is 0 Å². The van der Waals surface area contributed by atoms with Crippen LogP contribution in [0.4, 0.5) is 23.2 Å². The number of piperidine rings is 1. The van der Waals surface area contributed by atoms with E-state index in [1.165, 1.54) is 13.3 Å². The Kier molecular flexibility index (Phi) is 9.07. The second kappa shape index (κ2) is 12.3. The molecule has 1 atom stereocenters. The third-order valence-corrected chi connectivity index (χ3v) is 7.60. The van der Waals surface area contributed by atoms with Crippen molar-refractivity contribution in [2.75, 3.05) is 45.2 Å². The van der Waals surface area contributed by atoms with E-state index in [4.69, 9.17) is 4.74 Å². The Morgan fingerprint density at radius 3 is 2.45 bits per heavy atom. The topological polar surface area (TPSA) is 77.8 Å². The Labute approximate surface area is 219 Å². The molecular weight excluding hydrogens is 502 g/mol. The maximum absolute atomic E-state index is 15.7. The Morgan fingerprint density at radius 2 is 1.82 bits per heavy atom. The van der Waals surface area contributed by atoms with Crippen LogP contribution in [0, 0.1) is 22.9 Å². The van der Waals surface area contributed by atoms with E-state index in [1.54, 1.807) is 18.2 Å². The number of anilines is 1. The maximum atomic E-state index is 15.7. The van der Waals surface area contributed by atoms with Gasteiger partial charge in [-0.05, 0) is 62.4 Å². The quantitative estimate of drug-likeness (QED) is 0.234. The zero-order chi connectivity index (χ0) is 27.3. The van der Waals surface area contributed by atoms with Gasteiger partial charge in [0.05, 0.1) is 19.2 Å². The van der Waals surface area contributed by atoms with Crippen LogP contribution in [0.5, 0.6) is 5.75 Å². The van der Waals surface area contributed by atoms with Gasteiger partial charge in [-0.3, -0.25) is 4.98 Å². The number of methoxy groups -OCH3 is 1. The first kappa shape index (κ1) is 28.1. The molecule has 0 aliphatic carbocycles. The summed E-state index contributed by atoms with van der Waals surface area (Å²) in [6, 6.07) is 7.08. The third kappa shape index (κ3) is 6.19. The molecule has 0 spiro atoms. The van der Waals surface area contributed by atoms with Crippen molar-refractivity contribution in [3.05, 3.63) is 65.1 Å². The average molecular weight is 536 g/mol. The van der Waals surface area contributed by atoms with E-state index < -0.39 is 29.0 Å². The first-order valence-electron chi connectivity index (χ1n) is 12.7. The molecule has 2 heterocycles. The molecule has 38 heavy (non-hydrogen) atoms. The number of hydrogen-bond donors (Lipinski definition) is 3. The van der Waals surface area contributed by atoms with Gasteiger partial charge in [-0.25, -0.2) is 17.6 Å². The van der Waals surface area contributed by atoms with Crippen molar-refractivity contribution in [2.45, 2.75) is 38.5 Å². The minimum absolute atomic E-state index is 0.0578. The summed E-state index contributed by atoms with van der Waals surface area (Å²) in [7, 11) is 1.53. The molecule has 0 unspecified atom stereocenters. The van der Waals surface area contributed by atoms with Gasteiger partial charge < -0.3 is 25.2 Å². The highest BCUT2D eigenvalue weighted by molar-refractivity contribution is 5.85. The van der Waals surface area contributed by atoms with E-state index in [1.807, 2.05) is 0 Å². The molecule has 1 aliphatic rings. The van der Waals surface area contributed by atoms with Crippen molar-refractivity contribution in [1.82, 2.24) is 9.88 Å². The van der Waals surface area contributed by atoms with Crippen molar-refractivity contribution in [2.24, 2.45) is 5.41 Å². The van der Waals surface area contributed by atoms with Crippen LogP contribution in [-0.4, -0.2) is 60.0 Å². The summed E-state index contributed by atoms with van der Waals surface area (Å²) in [5, 5.41) is 23.6. The number of likely N-dealkylation sites (tertiary alicyclic amines) is 1. The lowest BCUT2D eigenvalue weighted by Gasteiger charge is -2.41. The van der Waals surface area contributed by atoms with Crippen LogP contribution in [0.2, 0.25) is 0 Å². The highest BCUT2D eigenvalue weighted by atomic mass is 19.2. The van der Waals surface area contributed by atoms with E-state index >= 15 is 4.39 Å². The summed E-state index contributed by atoms with van der Waals surface area (Å²) >= 11 is 0. The summed E-state index contributed by atoms with van der Waals surface area (Å²) in [5.41, 5.74) is 1.20. The standard InChI is InChI=1S/C28H33F4N3O3/c1-38-20-2-3-25-21(14-20)26(18(16-36)15-34-25)22(29)4-5-28(17-37)6-9-35(10-7-28)11-8-33-19-12-23(30)27(32)24(31)13-19/h2-3,12-15,22,33,36-37H,4-11,16-17H2,1H3/t22-/m0/s1. The van der Waals surface area contributed by atoms with E-state index in [2.05, 4.69) is 15.2 Å². The number of rotatable bonds is 11. The van der Waals surface area contributed by atoms with Gasteiger partial charge in [0, 0.05) is 60.2 Å². The highest BCUT2D eigenvalue weighted by Crippen LogP contribution is 2.41. The number of ether oxygens (including phenoxy) is 1. The van der Waals surface area contributed by atoms with Crippen LogP contribution >= 0.6 is 0 Å². The molecule has 0 radical (unpaired) electrons. The molecule has 1 aliphatic heterocycles. The molecule has 206 valence electrons. The molecular formula is C28H33F4N3O3. The fourth-order valence-corrected chi connectivity index (χ4v) is 5.19. The molecule has 1 saturated heterocycles. The normalized spacial score (nSPS) is 16.5. The molecule has 1 fully saturated rings. The molecule has 4 rings (SSSR count). The molecule has 0 amide bonds. The first-order valence-corrected chi connectivity index (χ1v) is 12.7. The number of nitrogens with one attached hydrogen (secondary N) is 1. The lowest BCUT2D eigenvalue weighted by atomic mass is 9.74. The molecule has 3 aromatic rings. The number of hydrogen-bond acceptors (Lipinski definition) is 6. The largest absolute Gasteiger partial charge is 0.497 e. The number of halogens is 4. The van der Waals surface area contributed by atoms with Gasteiger partial charge in [0.25, 0.3) is 0 Å². The molecule has 3 N–H and O–H groups in total. The third-order valence-electron chi connectivity index (χ3n) is 7.60. The fourth-order valence-electron chi connectivity index (χ4n) is 5.19. The minimum atomic E-state index is -1.49. The van der Waals surface area contributed by atoms with Gasteiger partial charge in [-0.15, -0.1) is 0 Å². The zero-order valence-corrected chi connectivity index (χ0v) is 21.3. The van der Waals surface area contributed by atoms with Crippen LogP contribution in [0.1, 0.15) is 43.0 Å².